The molecule has 1 saturated heterocycles. The molecule has 0 spiro atoms. The summed E-state index contributed by atoms with van der Waals surface area (Å²) in [7, 11) is 0.343. The Morgan fingerprint density at radius 1 is 1.21 bits per heavy atom. The van der Waals surface area contributed by atoms with Crippen molar-refractivity contribution in [2.75, 3.05) is 13.1 Å². The van der Waals surface area contributed by atoms with Crippen LogP contribution in [0.4, 0.5) is 0 Å². The highest BCUT2D eigenvalue weighted by Crippen LogP contribution is 2.36. The number of fused-ring (bicyclic) bond motifs is 2. The van der Waals surface area contributed by atoms with Gasteiger partial charge in [-0.25, -0.2) is 0 Å². The van der Waals surface area contributed by atoms with Crippen LogP contribution in [-0.4, -0.2) is 52.3 Å². The zero-order valence-corrected chi connectivity index (χ0v) is 17.0. The summed E-state index contributed by atoms with van der Waals surface area (Å²) in [6.45, 7) is 9.36. The van der Waals surface area contributed by atoms with Crippen LogP contribution in [0.15, 0.2) is 42.6 Å². The van der Waals surface area contributed by atoms with E-state index >= 15 is 0 Å². The van der Waals surface area contributed by atoms with Gasteiger partial charge in [0.2, 0.25) is 0 Å². The molecule has 1 aromatic carbocycles. The lowest BCUT2D eigenvalue weighted by molar-refractivity contribution is -0.0893. The van der Waals surface area contributed by atoms with Crippen LogP contribution in [0.5, 0.6) is 0 Å². The number of benzene rings is 1. The summed E-state index contributed by atoms with van der Waals surface area (Å²) < 4.78 is 8.02. The molecule has 1 amide bonds. The minimum absolute atomic E-state index is 0.0353. The maximum Gasteiger partial charge on any atom is 0.311 e. The Balaban J connectivity index is 1.62. The molecule has 0 saturated carbocycles. The van der Waals surface area contributed by atoms with Gasteiger partial charge in [-0.15, -0.1) is 0 Å². The van der Waals surface area contributed by atoms with E-state index in [-0.39, 0.29) is 5.91 Å². The number of carbonyl (C=O) groups excluding carboxylic acids is 1. The molecule has 2 aliphatic rings. The van der Waals surface area contributed by atoms with E-state index in [0.717, 1.165) is 17.6 Å². The fraction of sp³-hybridized carbons (Fsp3) is 0.476. The smallest absolute Gasteiger partial charge is 0.311 e. The average Bonchev–Trinajstić information content (AvgIpc) is 3.25. The first-order valence-electron chi connectivity index (χ1n) is 9.82. The van der Waals surface area contributed by atoms with Gasteiger partial charge in [0, 0.05) is 19.3 Å². The third-order valence-electron chi connectivity index (χ3n) is 6.35. The minimum atomic E-state index is -0.966. The maximum atomic E-state index is 13.2. The number of aromatic nitrogens is 1. The van der Waals surface area contributed by atoms with Crippen molar-refractivity contribution in [1.29, 1.82) is 0 Å². The van der Waals surface area contributed by atoms with Gasteiger partial charge in [0.1, 0.15) is 11.4 Å². The van der Waals surface area contributed by atoms with Gasteiger partial charge in [-0.2, -0.15) is 0 Å². The lowest BCUT2D eigenvalue weighted by atomic mass is 9.84. The van der Waals surface area contributed by atoms with Crippen LogP contribution in [0, 0.1) is 0 Å². The van der Waals surface area contributed by atoms with Crippen LogP contribution in [0.2, 0.25) is 0 Å². The predicted octanol–water partition coefficient (Wildman–Crippen LogP) is 0.943. The zero-order valence-electron chi connectivity index (χ0n) is 17.0. The molecule has 1 unspecified atom stereocenters. The molecule has 0 radical (unpaired) electrons. The molecular weight excluding hydrogens is 353 g/mol. The largest absolute Gasteiger partial charge is 0.427 e. The predicted molar refractivity (Wildman–Crippen MR) is 110 cm³/mol. The normalized spacial score (nSPS) is 22.2. The summed E-state index contributed by atoms with van der Waals surface area (Å²) in [5.41, 5.74) is 0.550. The van der Waals surface area contributed by atoms with Crippen LogP contribution < -0.4 is 10.8 Å². The maximum absolute atomic E-state index is 13.2. The summed E-state index contributed by atoms with van der Waals surface area (Å²) in [6, 6.07) is 12.1. The minimum Gasteiger partial charge on any atom is -0.427 e. The first-order valence-corrected chi connectivity index (χ1v) is 9.82. The Kier molecular flexibility index (Phi) is 4.45. The number of nitrogens with zero attached hydrogens (tertiary/aromatic N) is 2. The van der Waals surface area contributed by atoms with Gasteiger partial charge in [0.15, 0.2) is 0 Å². The van der Waals surface area contributed by atoms with Crippen LogP contribution in [-0.2, 0) is 16.9 Å². The molecular formula is C21H28BN3O3. The number of carbonyl (C=O) groups is 1. The quantitative estimate of drug-likeness (QED) is 0.757. The van der Waals surface area contributed by atoms with E-state index in [0.29, 0.717) is 26.3 Å². The Bertz CT molecular complexity index is 888. The van der Waals surface area contributed by atoms with Crippen molar-refractivity contribution >= 4 is 18.9 Å². The van der Waals surface area contributed by atoms with Gasteiger partial charge in [-0.3, -0.25) is 10.1 Å². The van der Waals surface area contributed by atoms with Crippen molar-refractivity contribution in [3.63, 3.8) is 0 Å². The average molecular weight is 381 g/mol. The SMILES string of the molecule is CC(C)(O)C(C)(C)OBc1cc2n(c1)CC1(c3ccccc3)NCCN1C2=O. The molecule has 0 bridgehead atoms. The molecule has 2 aliphatic heterocycles. The van der Waals surface area contributed by atoms with E-state index < -0.39 is 16.9 Å². The van der Waals surface area contributed by atoms with Crippen molar-refractivity contribution in [2.45, 2.75) is 51.1 Å². The highest BCUT2D eigenvalue weighted by atomic mass is 16.5. The third-order valence-corrected chi connectivity index (χ3v) is 6.35. The lowest BCUT2D eigenvalue weighted by Gasteiger charge is -2.43. The Morgan fingerprint density at radius 3 is 2.61 bits per heavy atom. The first kappa shape index (κ1) is 19.2. The van der Waals surface area contributed by atoms with E-state index in [4.69, 9.17) is 4.65 Å². The van der Waals surface area contributed by atoms with Gasteiger partial charge < -0.3 is 19.2 Å². The number of aliphatic hydroxyl groups is 1. The molecule has 1 aromatic heterocycles. The summed E-state index contributed by atoms with van der Waals surface area (Å²) in [6.07, 6.45) is 2.00. The Labute approximate surface area is 166 Å². The number of hydrogen-bond donors (Lipinski definition) is 2. The fourth-order valence-corrected chi connectivity index (χ4v) is 3.92. The van der Waals surface area contributed by atoms with E-state index in [1.807, 2.05) is 53.8 Å². The summed E-state index contributed by atoms with van der Waals surface area (Å²) in [5, 5.41) is 13.9. The second kappa shape index (κ2) is 6.47. The molecule has 1 fully saturated rings. The van der Waals surface area contributed by atoms with Gasteiger partial charge >= 0.3 is 7.48 Å². The van der Waals surface area contributed by atoms with E-state index in [1.54, 1.807) is 13.8 Å². The van der Waals surface area contributed by atoms with Crippen LogP contribution in [0.25, 0.3) is 0 Å². The Morgan fingerprint density at radius 2 is 1.93 bits per heavy atom. The number of hydrogen-bond acceptors (Lipinski definition) is 4. The summed E-state index contributed by atoms with van der Waals surface area (Å²) in [5.74, 6) is 0.0353. The number of amides is 1. The van der Waals surface area contributed by atoms with Crippen LogP contribution in [0.3, 0.4) is 0 Å². The van der Waals surface area contributed by atoms with E-state index in [9.17, 15) is 9.90 Å². The Hall–Kier alpha value is -2.09. The van der Waals surface area contributed by atoms with E-state index in [2.05, 4.69) is 17.4 Å². The topological polar surface area (TPSA) is 66.7 Å². The van der Waals surface area contributed by atoms with Crippen molar-refractivity contribution in [1.82, 2.24) is 14.8 Å². The number of nitrogens with one attached hydrogen (secondary N) is 1. The monoisotopic (exact) mass is 381 g/mol. The van der Waals surface area contributed by atoms with Gasteiger partial charge in [0.05, 0.1) is 17.7 Å². The molecule has 28 heavy (non-hydrogen) atoms. The third kappa shape index (κ3) is 2.98. The summed E-state index contributed by atoms with van der Waals surface area (Å²) in [4.78, 5) is 15.2. The standard InChI is InChI=1S/C21H28BN3O3/c1-19(2,27)20(3,4)28-22-16-12-17-18(26)25-11-10-23-21(25,14-24(17)13-16)15-8-6-5-7-9-15/h5-9,12-13,22-23,27H,10-11,14H2,1-4H3. The second-order valence-electron chi connectivity index (χ2n) is 8.83. The molecule has 3 heterocycles. The molecule has 7 heteroatoms. The summed E-state index contributed by atoms with van der Waals surface area (Å²) >= 11 is 0. The van der Waals surface area contributed by atoms with Crippen molar-refractivity contribution < 1.29 is 14.6 Å². The van der Waals surface area contributed by atoms with Crippen molar-refractivity contribution in [3.05, 3.63) is 53.9 Å². The number of rotatable bonds is 5. The highest BCUT2D eigenvalue weighted by molar-refractivity contribution is 6.47. The van der Waals surface area contributed by atoms with E-state index in [1.165, 1.54) is 0 Å². The van der Waals surface area contributed by atoms with Gasteiger partial charge in [-0.1, -0.05) is 30.3 Å². The molecule has 1 atom stereocenters. The molecule has 6 nitrogen and oxygen atoms in total. The van der Waals surface area contributed by atoms with Gasteiger partial charge in [-0.05, 0) is 44.8 Å². The molecule has 2 N–H and O–H groups in total. The van der Waals surface area contributed by atoms with Crippen LogP contribution >= 0.6 is 0 Å². The lowest BCUT2D eigenvalue weighted by Crippen LogP contribution is -2.57. The van der Waals surface area contributed by atoms with Crippen molar-refractivity contribution in [3.8, 4) is 0 Å². The molecule has 2 aromatic rings. The first-order chi connectivity index (χ1) is 13.1. The second-order valence-corrected chi connectivity index (χ2v) is 8.83. The molecule has 4 rings (SSSR count). The molecule has 0 aliphatic carbocycles. The van der Waals surface area contributed by atoms with Crippen LogP contribution in [0.1, 0.15) is 43.7 Å². The highest BCUT2D eigenvalue weighted by Gasteiger charge is 2.49. The fourth-order valence-electron chi connectivity index (χ4n) is 3.92. The zero-order chi connectivity index (χ0) is 20.2. The molecule has 148 valence electrons. The van der Waals surface area contributed by atoms with Crippen molar-refractivity contribution in [2.24, 2.45) is 0 Å². The van der Waals surface area contributed by atoms with Gasteiger partial charge in [0.25, 0.3) is 5.91 Å².